The third kappa shape index (κ3) is 5.40. The van der Waals surface area contributed by atoms with Gasteiger partial charge in [0, 0.05) is 17.7 Å². The molecule has 0 unspecified atom stereocenters. The molecular formula is C14H16ClFN2O2. The minimum atomic E-state index is -0.515. The van der Waals surface area contributed by atoms with Crippen LogP contribution in [0.3, 0.4) is 0 Å². The van der Waals surface area contributed by atoms with Gasteiger partial charge < -0.3 is 10.6 Å². The van der Waals surface area contributed by atoms with Gasteiger partial charge in [-0.1, -0.05) is 17.7 Å². The van der Waals surface area contributed by atoms with Gasteiger partial charge in [-0.2, -0.15) is 0 Å². The van der Waals surface area contributed by atoms with E-state index < -0.39 is 11.7 Å². The predicted molar refractivity (Wildman–Crippen MR) is 76.7 cm³/mol. The molecule has 0 aliphatic rings. The Kier molecular flexibility index (Phi) is 6.18. The van der Waals surface area contributed by atoms with E-state index in [0.29, 0.717) is 0 Å². The number of hydrogen-bond acceptors (Lipinski definition) is 2. The first kappa shape index (κ1) is 16.2. The van der Waals surface area contributed by atoms with Gasteiger partial charge in [-0.05, 0) is 32.1 Å². The van der Waals surface area contributed by atoms with Gasteiger partial charge in [0.1, 0.15) is 5.82 Å². The number of nitrogens with one attached hydrogen (secondary N) is 2. The van der Waals surface area contributed by atoms with E-state index in [9.17, 15) is 14.0 Å². The topological polar surface area (TPSA) is 58.2 Å². The van der Waals surface area contributed by atoms with Crippen molar-refractivity contribution in [2.75, 3.05) is 6.54 Å². The molecule has 2 N–H and O–H groups in total. The molecule has 1 aromatic rings. The molecule has 108 valence electrons. The van der Waals surface area contributed by atoms with Gasteiger partial charge in [0.25, 0.3) is 0 Å². The maximum absolute atomic E-state index is 13.4. The lowest BCUT2D eigenvalue weighted by Crippen LogP contribution is -2.39. The van der Waals surface area contributed by atoms with Gasteiger partial charge in [-0.3, -0.25) is 9.59 Å². The summed E-state index contributed by atoms with van der Waals surface area (Å²) in [4.78, 5) is 22.8. The molecule has 0 radical (unpaired) electrons. The summed E-state index contributed by atoms with van der Waals surface area (Å²) in [6, 6.07) is 4.26. The number of carbonyl (C=O) groups excluding carboxylic acids is 2. The van der Waals surface area contributed by atoms with Crippen LogP contribution in [0.1, 0.15) is 19.4 Å². The van der Waals surface area contributed by atoms with E-state index >= 15 is 0 Å². The summed E-state index contributed by atoms with van der Waals surface area (Å²) < 4.78 is 13.4. The highest BCUT2D eigenvalue weighted by Gasteiger charge is 2.06. The molecule has 2 amide bonds. The fraction of sp³-hybridized carbons (Fsp3) is 0.286. The van der Waals surface area contributed by atoms with Crippen molar-refractivity contribution < 1.29 is 14.0 Å². The lowest BCUT2D eigenvalue weighted by atomic mass is 10.2. The molecule has 0 bridgehead atoms. The van der Waals surface area contributed by atoms with Crippen LogP contribution >= 0.6 is 11.6 Å². The van der Waals surface area contributed by atoms with E-state index in [-0.39, 0.29) is 29.1 Å². The summed E-state index contributed by atoms with van der Waals surface area (Å²) in [6.45, 7) is 3.51. The summed E-state index contributed by atoms with van der Waals surface area (Å²) in [5.74, 6) is -1.30. The molecule has 0 heterocycles. The first-order valence-corrected chi connectivity index (χ1v) is 6.47. The number of rotatable bonds is 5. The van der Waals surface area contributed by atoms with Crippen molar-refractivity contribution in [3.05, 3.63) is 40.7 Å². The molecule has 0 atom stereocenters. The second kappa shape index (κ2) is 7.65. The summed E-state index contributed by atoms with van der Waals surface area (Å²) in [7, 11) is 0. The molecule has 0 saturated carbocycles. The zero-order valence-electron chi connectivity index (χ0n) is 11.2. The normalized spacial score (nSPS) is 10.8. The van der Waals surface area contributed by atoms with Crippen LogP contribution in [-0.4, -0.2) is 24.4 Å². The van der Waals surface area contributed by atoms with Crippen molar-refractivity contribution in [2.24, 2.45) is 0 Å². The molecule has 0 aliphatic heterocycles. The second-order valence-corrected chi connectivity index (χ2v) is 4.82. The summed E-state index contributed by atoms with van der Waals surface area (Å²) in [5, 5.41) is 5.24. The van der Waals surface area contributed by atoms with E-state index in [1.165, 1.54) is 24.3 Å². The van der Waals surface area contributed by atoms with Gasteiger partial charge in [0.2, 0.25) is 11.8 Å². The van der Waals surface area contributed by atoms with Crippen LogP contribution in [0.25, 0.3) is 6.08 Å². The van der Waals surface area contributed by atoms with Gasteiger partial charge in [0.15, 0.2) is 0 Å². The maximum Gasteiger partial charge on any atom is 0.244 e. The van der Waals surface area contributed by atoms with Crippen molar-refractivity contribution >= 4 is 29.5 Å². The van der Waals surface area contributed by atoms with Crippen molar-refractivity contribution in [3.63, 3.8) is 0 Å². The fourth-order valence-corrected chi connectivity index (χ4v) is 1.65. The SMILES string of the molecule is CC(C)NC(=O)CNC(=O)/C=C/c1c(F)cccc1Cl. The summed E-state index contributed by atoms with van der Waals surface area (Å²) in [6.07, 6.45) is 2.40. The monoisotopic (exact) mass is 298 g/mol. The molecule has 0 saturated heterocycles. The smallest absolute Gasteiger partial charge is 0.244 e. The third-order valence-electron chi connectivity index (χ3n) is 2.27. The Morgan fingerprint density at radius 2 is 2.10 bits per heavy atom. The highest BCUT2D eigenvalue weighted by molar-refractivity contribution is 6.32. The summed E-state index contributed by atoms with van der Waals surface area (Å²) >= 11 is 5.81. The average molecular weight is 299 g/mol. The van der Waals surface area contributed by atoms with E-state index in [0.717, 1.165) is 6.08 Å². The van der Waals surface area contributed by atoms with Crippen LogP contribution < -0.4 is 10.6 Å². The molecule has 20 heavy (non-hydrogen) atoms. The Hall–Kier alpha value is -1.88. The average Bonchev–Trinajstić information content (AvgIpc) is 2.35. The largest absolute Gasteiger partial charge is 0.352 e. The standard InChI is InChI=1S/C14H16ClFN2O2/c1-9(2)18-14(20)8-17-13(19)7-6-10-11(15)4-3-5-12(10)16/h3-7,9H,8H2,1-2H3,(H,17,19)(H,18,20)/b7-6+. The molecular weight excluding hydrogens is 283 g/mol. The zero-order valence-corrected chi connectivity index (χ0v) is 12.0. The van der Waals surface area contributed by atoms with Gasteiger partial charge in [0.05, 0.1) is 11.6 Å². The van der Waals surface area contributed by atoms with Crippen LogP contribution in [-0.2, 0) is 9.59 Å². The van der Waals surface area contributed by atoms with Crippen molar-refractivity contribution in [1.82, 2.24) is 10.6 Å². The molecule has 4 nitrogen and oxygen atoms in total. The third-order valence-corrected chi connectivity index (χ3v) is 2.60. The predicted octanol–water partition coefficient (Wildman–Crippen LogP) is 2.13. The van der Waals surface area contributed by atoms with Crippen molar-refractivity contribution in [1.29, 1.82) is 0 Å². The Labute approximate surface area is 122 Å². The Morgan fingerprint density at radius 1 is 1.40 bits per heavy atom. The number of amides is 2. The van der Waals surface area contributed by atoms with Crippen LogP contribution in [0, 0.1) is 5.82 Å². The fourth-order valence-electron chi connectivity index (χ4n) is 1.43. The Bertz CT molecular complexity index is 510. The molecule has 0 aromatic heterocycles. The number of carbonyl (C=O) groups is 2. The molecule has 6 heteroatoms. The molecule has 0 aliphatic carbocycles. The molecule has 1 rings (SSSR count). The van der Waals surface area contributed by atoms with Crippen molar-refractivity contribution in [2.45, 2.75) is 19.9 Å². The molecule has 0 fully saturated rings. The van der Waals surface area contributed by atoms with Gasteiger partial charge >= 0.3 is 0 Å². The maximum atomic E-state index is 13.4. The van der Waals surface area contributed by atoms with E-state index in [2.05, 4.69) is 10.6 Å². The van der Waals surface area contributed by atoms with Gasteiger partial charge in [-0.25, -0.2) is 4.39 Å². The first-order chi connectivity index (χ1) is 9.40. The lowest BCUT2D eigenvalue weighted by Gasteiger charge is -2.08. The number of halogens is 2. The zero-order chi connectivity index (χ0) is 15.1. The van der Waals surface area contributed by atoms with E-state index in [1.54, 1.807) is 0 Å². The van der Waals surface area contributed by atoms with Crippen LogP contribution in [0.4, 0.5) is 4.39 Å². The lowest BCUT2D eigenvalue weighted by molar-refractivity contribution is -0.124. The first-order valence-electron chi connectivity index (χ1n) is 6.09. The van der Waals surface area contributed by atoms with Crippen LogP contribution in [0.5, 0.6) is 0 Å². The summed E-state index contributed by atoms with van der Waals surface area (Å²) in [5.41, 5.74) is 0.135. The number of hydrogen-bond donors (Lipinski definition) is 2. The number of benzene rings is 1. The highest BCUT2D eigenvalue weighted by Crippen LogP contribution is 2.20. The highest BCUT2D eigenvalue weighted by atomic mass is 35.5. The van der Waals surface area contributed by atoms with Gasteiger partial charge in [-0.15, -0.1) is 0 Å². The second-order valence-electron chi connectivity index (χ2n) is 4.41. The minimum absolute atomic E-state index is 0.00663. The van der Waals surface area contributed by atoms with Crippen molar-refractivity contribution in [3.8, 4) is 0 Å². The van der Waals surface area contributed by atoms with Crippen LogP contribution in [0.2, 0.25) is 5.02 Å². The van der Waals surface area contributed by atoms with E-state index in [4.69, 9.17) is 11.6 Å². The molecule has 0 spiro atoms. The Morgan fingerprint density at radius 3 is 2.70 bits per heavy atom. The molecule has 1 aromatic carbocycles. The minimum Gasteiger partial charge on any atom is -0.352 e. The Balaban J connectivity index is 2.54. The van der Waals surface area contributed by atoms with Crippen LogP contribution in [0.15, 0.2) is 24.3 Å². The quantitative estimate of drug-likeness (QED) is 0.818. The van der Waals surface area contributed by atoms with E-state index in [1.807, 2.05) is 13.8 Å².